The predicted octanol–water partition coefficient (Wildman–Crippen LogP) is 3.24. The van der Waals surface area contributed by atoms with E-state index >= 15 is 0 Å². The summed E-state index contributed by atoms with van der Waals surface area (Å²) >= 11 is 0. The number of ketones is 1. The Labute approximate surface area is 224 Å². The Morgan fingerprint density at radius 1 is 1.03 bits per heavy atom. The molecule has 0 saturated carbocycles. The second kappa shape index (κ2) is 11.7. The van der Waals surface area contributed by atoms with Gasteiger partial charge in [0.2, 0.25) is 10.0 Å². The second-order valence-corrected chi connectivity index (χ2v) is 11.7. The molecule has 204 valence electrons. The van der Waals surface area contributed by atoms with Crippen molar-refractivity contribution in [2.24, 2.45) is 0 Å². The molecule has 0 aliphatic carbocycles. The van der Waals surface area contributed by atoms with E-state index in [9.17, 15) is 23.1 Å². The van der Waals surface area contributed by atoms with Gasteiger partial charge in [0.15, 0.2) is 0 Å². The highest BCUT2D eigenvalue weighted by Gasteiger charge is 2.45. The van der Waals surface area contributed by atoms with E-state index in [4.69, 9.17) is 4.74 Å². The summed E-state index contributed by atoms with van der Waals surface area (Å²) in [6.07, 6.45) is 2.31. The molecule has 0 radical (unpaired) electrons. The van der Waals surface area contributed by atoms with Crippen LogP contribution in [0.4, 0.5) is 0 Å². The minimum atomic E-state index is -3.62. The van der Waals surface area contributed by atoms with Crippen molar-refractivity contribution in [2.75, 3.05) is 46.9 Å². The molecule has 2 aliphatic heterocycles. The number of benzene rings is 2. The summed E-state index contributed by atoms with van der Waals surface area (Å²) < 4.78 is 32.8. The van der Waals surface area contributed by atoms with Gasteiger partial charge in [-0.1, -0.05) is 12.1 Å². The first kappa shape index (κ1) is 27.8. The maximum atomic E-state index is 13.2. The summed E-state index contributed by atoms with van der Waals surface area (Å²) in [5.74, 6) is -1.10. The lowest BCUT2D eigenvalue weighted by Crippen LogP contribution is -2.32. The number of rotatable bonds is 10. The molecule has 2 aromatic carbocycles. The lowest BCUT2D eigenvalue weighted by Gasteiger charge is -2.26. The van der Waals surface area contributed by atoms with Gasteiger partial charge in [0.05, 0.1) is 23.1 Å². The molecule has 0 bridgehead atoms. The SMILES string of the molecule is CCOc1ccc([C@H]2C(=C(O)c3ccc(S(=O)(=O)N4CCCC4)cc3)C(=O)C(=O)N2CCCN(C)C)cc1. The highest BCUT2D eigenvalue weighted by Crippen LogP contribution is 2.40. The van der Waals surface area contributed by atoms with Gasteiger partial charge >= 0.3 is 0 Å². The topological polar surface area (TPSA) is 107 Å². The van der Waals surface area contributed by atoms with Gasteiger partial charge < -0.3 is 19.6 Å². The number of likely N-dealkylation sites (tertiary alicyclic amines) is 1. The number of ether oxygens (including phenoxy) is 1. The molecular weight excluding hydrogens is 506 g/mol. The summed E-state index contributed by atoms with van der Waals surface area (Å²) in [7, 11) is 0.254. The predicted molar refractivity (Wildman–Crippen MR) is 144 cm³/mol. The Kier molecular flexibility index (Phi) is 8.54. The number of hydrogen-bond acceptors (Lipinski definition) is 7. The summed E-state index contributed by atoms with van der Waals surface area (Å²) in [5.41, 5.74) is 0.930. The van der Waals surface area contributed by atoms with Gasteiger partial charge in [0, 0.05) is 25.2 Å². The number of sulfonamides is 1. The number of aliphatic hydroxyl groups excluding tert-OH is 1. The van der Waals surface area contributed by atoms with Gasteiger partial charge in [-0.25, -0.2) is 8.42 Å². The zero-order valence-corrected chi connectivity index (χ0v) is 22.9. The minimum absolute atomic E-state index is 0.0147. The Morgan fingerprint density at radius 2 is 1.66 bits per heavy atom. The quantitative estimate of drug-likeness (QED) is 0.280. The zero-order valence-electron chi connectivity index (χ0n) is 22.1. The van der Waals surface area contributed by atoms with Crippen molar-refractivity contribution in [3.05, 3.63) is 65.2 Å². The van der Waals surface area contributed by atoms with E-state index in [2.05, 4.69) is 0 Å². The van der Waals surface area contributed by atoms with Crippen LogP contribution in [0, 0.1) is 0 Å². The van der Waals surface area contributed by atoms with Crippen molar-refractivity contribution in [1.82, 2.24) is 14.1 Å². The Balaban J connectivity index is 1.72. The first-order valence-electron chi connectivity index (χ1n) is 12.9. The van der Waals surface area contributed by atoms with E-state index in [0.717, 1.165) is 19.4 Å². The van der Waals surface area contributed by atoms with Gasteiger partial charge in [-0.2, -0.15) is 4.31 Å². The fourth-order valence-corrected chi connectivity index (χ4v) is 6.46. The van der Waals surface area contributed by atoms with Crippen molar-refractivity contribution in [2.45, 2.75) is 37.1 Å². The van der Waals surface area contributed by atoms with Crippen LogP contribution in [0.15, 0.2) is 59.0 Å². The Morgan fingerprint density at radius 3 is 2.24 bits per heavy atom. The third kappa shape index (κ3) is 5.62. The minimum Gasteiger partial charge on any atom is -0.507 e. The maximum Gasteiger partial charge on any atom is 0.295 e. The number of hydrogen-bond donors (Lipinski definition) is 1. The summed E-state index contributed by atoms with van der Waals surface area (Å²) in [6.45, 7) is 4.43. The van der Waals surface area contributed by atoms with Crippen LogP contribution in [0.3, 0.4) is 0 Å². The van der Waals surface area contributed by atoms with Crippen molar-refractivity contribution in [3.8, 4) is 5.75 Å². The molecule has 38 heavy (non-hydrogen) atoms. The Bertz CT molecular complexity index is 1300. The van der Waals surface area contributed by atoms with Crippen LogP contribution in [0.5, 0.6) is 5.75 Å². The van der Waals surface area contributed by atoms with Crippen LogP contribution in [0.2, 0.25) is 0 Å². The van der Waals surface area contributed by atoms with E-state index < -0.39 is 27.8 Å². The van der Waals surface area contributed by atoms with E-state index in [1.54, 1.807) is 24.3 Å². The molecule has 1 amide bonds. The second-order valence-electron chi connectivity index (χ2n) is 9.79. The van der Waals surface area contributed by atoms with E-state index in [0.29, 0.717) is 44.0 Å². The largest absolute Gasteiger partial charge is 0.507 e. The van der Waals surface area contributed by atoms with Gasteiger partial charge in [0.25, 0.3) is 11.7 Å². The van der Waals surface area contributed by atoms with Crippen molar-refractivity contribution in [1.29, 1.82) is 0 Å². The number of carbonyl (C=O) groups excluding carboxylic acids is 2. The molecular formula is C28H35N3O6S. The molecule has 0 spiro atoms. The smallest absolute Gasteiger partial charge is 0.295 e. The standard InChI is InChI=1S/C28H35N3O6S/c1-4-37-22-12-8-20(9-13-22)25-24(27(33)28(34)31(25)19-7-16-29(2)3)26(32)21-10-14-23(15-11-21)38(35,36)30-17-5-6-18-30/h8-15,25,32H,4-7,16-19H2,1-3H3/t25-/m0/s1. The molecule has 1 atom stereocenters. The third-order valence-corrected chi connectivity index (χ3v) is 8.79. The Hall–Kier alpha value is -3.21. The lowest BCUT2D eigenvalue weighted by molar-refractivity contribution is -0.139. The van der Waals surface area contributed by atoms with Crippen LogP contribution >= 0.6 is 0 Å². The van der Waals surface area contributed by atoms with E-state index in [1.165, 1.54) is 33.5 Å². The van der Waals surface area contributed by atoms with Crippen LogP contribution in [-0.2, 0) is 19.6 Å². The van der Waals surface area contributed by atoms with Gasteiger partial charge in [0.1, 0.15) is 11.5 Å². The number of nitrogens with zero attached hydrogens (tertiary/aromatic N) is 3. The van der Waals surface area contributed by atoms with Crippen LogP contribution < -0.4 is 4.74 Å². The average Bonchev–Trinajstić information content (AvgIpc) is 3.53. The average molecular weight is 542 g/mol. The molecule has 2 heterocycles. The highest BCUT2D eigenvalue weighted by atomic mass is 32.2. The molecule has 10 heteroatoms. The third-order valence-electron chi connectivity index (χ3n) is 6.88. The normalized spacial score (nSPS) is 20.0. The molecule has 9 nitrogen and oxygen atoms in total. The highest BCUT2D eigenvalue weighted by molar-refractivity contribution is 7.89. The summed E-state index contributed by atoms with van der Waals surface area (Å²) in [6, 6.07) is 12.2. The first-order valence-corrected chi connectivity index (χ1v) is 14.4. The van der Waals surface area contributed by atoms with Crippen LogP contribution in [0.25, 0.3) is 5.76 Å². The van der Waals surface area contributed by atoms with Gasteiger partial charge in [-0.05, 0) is 88.8 Å². The number of amides is 1. The van der Waals surface area contributed by atoms with E-state index in [1.807, 2.05) is 25.9 Å². The maximum absolute atomic E-state index is 13.2. The molecule has 2 saturated heterocycles. The number of carbonyl (C=O) groups is 2. The fourth-order valence-electron chi connectivity index (χ4n) is 4.95. The number of aliphatic hydroxyl groups is 1. The fraction of sp³-hybridized carbons (Fsp3) is 0.429. The van der Waals surface area contributed by atoms with E-state index in [-0.39, 0.29) is 21.8 Å². The van der Waals surface area contributed by atoms with Crippen molar-refractivity contribution in [3.63, 3.8) is 0 Å². The summed E-state index contributed by atoms with van der Waals surface area (Å²) in [4.78, 5) is 30.0. The molecule has 0 unspecified atom stereocenters. The van der Waals surface area contributed by atoms with Crippen molar-refractivity contribution >= 4 is 27.5 Å². The van der Waals surface area contributed by atoms with Gasteiger partial charge in [-0.3, -0.25) is 9.59 Å². The summed E-state index contributed by atoms with van der Waals surface area (Å²) in [5, 5.41) is 11.3. The lowest BCUT2D eigenvalue weighted by atomic mass is 9.95. The first-order chi connectivity index (χ1) is 18.1. The molecule has 0 aromatic heterocycles. The van der Waals surface area contributed by atoms with Gasteiger partial charge in [-0.15, -0.1) is 0 Å². The van der Waals surface area contributed by atoms with Crippen LogP contribution in [-0.4, -0.2) is 86.2 Å². The number of Topliss-reactive ketones (excluding diaryl/α,β-unsaturated/α-hetero) is 1. The molecule has 2 fully saturated rings. The molecule has 4 rings (SSSR count). The molecule has 2 aromatic rings. The molecule has 2 aliphatic rings. The zero-order chi connectivity index (χ0) is 27.4. The van der Waals surface area contributed by atoms with Crippen LogP contribution in [0.1, 0.15) is 43.4 Å². The molecule has 1 N–H and O–H groups in total. The van der Waals surface area contributed by atoms with Crippen molar-refractivity contribution < 1.29 is 27.9 Å². The monoisotopic (exact) mass is 541 g/mol.